The number of amides is 1. The first-order valence-corrected chi connectivity index (χ1v) is 9.13. The molecule has 1 aromatic carbocycles. The second-order valence-corrected chi connectivity index (χ2v) is 7.20. The number of thiazole rings is 1. The molecule has 0 aliphatic carbocycles. The Morgan fingerprint density at radius 3 is 2.87 bits per heavy atom. The molecule has 0 radical (unpaired) electrons. The van der Waals surface area contributed by atoms with Gasteiger partial charge in [0, 0.05) is 28.3 Å². The van der Waals surface area contributed by atoms with Gasteiger partial charge in [0.1, 0.15) is 0 Å². The molecule has 1 heterocycles. The van der Waals surface area contributed by atoms with Gasteiger partial charge in [-0.05, 0) is 24.0 Å². The van der Waals surface area contributed by atoms with E-state index in [-0.39, 0.29) is 11.6 Å². The first kappa shape index (κ1) is 17.8. The van der Waals surface area contributed by atoms with Crippen LogP contribution in [0, 0.1) is 0 Å². The second kappa shape index (κ2) is 8.33. The number of hydrogen-bond acceptors (Lipinski definition) is 5. The molecule has 0 unspecified atom stereocenters. The van der Waals surface area contributed by atoms with E-state index in [2.05, 4.69) is 10.3 Å². The van der Waals surface area contributed by atoms with Crippen LogP contribution in [0.4, 0.5) is 0 Å². The van der Waals surface area contributed by atoms with Crippen LogP contribution in [0.3, 0.4) is 0 Å². The van der Waals surface area contributed by atoms with Gasteiger partial charge in [-0.1, -0.05) is 18.5 Å². The summed E-state index contributed by atoms with van der Waals surface area (Å²) in [6.07, 6.45) is 0.494. The van der Waals surface area contributed by atoms with Crippen molar-refractivity contribution in [3.8, 4) is 0 Å². The summed E-state index contributed by atoms with van der Waals surface area (Å²) >= 11 is 8.80. The van der Waals surface area contributed by atoms with Crippen molar-refractivity contribution >= 4 is 46.6 Å². The number of carbonyl (C=O) groups is 2. The van der Waals surface area contributed by atoms with Gasteiger partial charge in [-0.2, -0.15) is 0 Å². The van der Waals surface area contributed by atoms with Gasteiger partial charge >= 0.3 is 5.97 Å². The topological polar surface area (TPSA) is 79.3 Å². The molecule has 0 spiro atoms. The van der Waals surface area contributed by atoms with Crippen LogP contribution in [0.5, 0.6) is 0 Å². The van der Waals surface area contributed by atoms with Crippen molar-refractivity contribution in [1.82, 2.24) is 10.3 Å². The van der Waals surface area contributed by atoms with Gasteiger partial charge in [0.2, 0.25) is 0 Å². The molecule has 0 saturated heterocycles. The zero-order valence-electron chi connectivity index (χ0n) is 12.3. The molecule has 0 bridgehead atoms. The average molecular weight is 371 g/mol. The monoisotopic (exact) mass is 370 g/mol. The largest absolute Gasteiger partial charge is 0.476 e. The lowest BCUT2D eigenvalue weighted by Crippen LogP contribution is -2.26. The van der Waals surface area contributed by atoms with Crippen molar-refractivity contribution in [1.29, 1.82) is 0 Å². The molecule has 23 heavy (non-hydrogen) atoms. The number of aromatic carboxylic acids is 1. The number of benzene rings is 1. The van der Waals surface area contributed by atoms with Crippen LogP contribution in [-0.4, -0.2) is 34.3 Å². The van der Waals surface area contributed by atoms with E-state index in [0.29, 0.717) is 28.6 Å². The predicted molar refractivity (Wildman–Crippen MR) is 93.0 cm³/mol. The Labute approximate surface area is 147 Å². The number of carboxylic acid groups (broad SMARTS) is 1. The lowest BCUT2D eigenvalue weighted by Gasteiger charge is -2.09. The summed E-state index contributed by atoms with van der Waals surface area (Å²) in [5.74, 6) is -0.371. The van der Waals surface area contributed by atoms with E-state index in [1.54, 1.807) is 30.0 Å². The average Bonchev–Trinajstić information content (AvgIpc) is 2.97. The van der Waals surface area contributed by atoms with Gasteiger partial charge in [0.25, 0.3) is 5.91 Å². The van der Waals surface area contributed by atoms with Crippen LogP contribution in [0.15, 0.2) is 28.5 Å². The number of rotatable bonds is 7. The summed E-state index contributed by atoms with van der Waals surface area (Å²) in [5, 5.41) is 14.4. The van der Waals surface area contributed by atoms with Gasteiger partial charge in [-0.15, -0.1) is 23.1 Å². The molecule has 5 nitrogen and oxygen atoms in total. The smallest absolute Gasteiger partial charge is 0.355 e. The van der Waals surface area contributed by atoms with E-state index in [1.165, 1.54) is 16.7 Å². The van der Waals surface area contributed by atoms with E-state index in [4.69, 9.17) is 16.7 Å². The van der Waals surface area contributed by atoms with E-state index in [9.17, 15) is 9.59 Å². The van der Waals surface area contributed by atoms with E-state index < -0.39 is 5.97 Å². The fraction of sp³-hybridized carbons (Fsp3) is 0.267. The fourth-order valence-corrected chi connectivity index (χ4v) is 3.71. The molecule has 0 saturated carbocycles. The van der Waals surface area contributed by atoms with Crippen molar-refractivity contribution in [2.75, 3.05) is 12.3 Å². The molecule has 0 aliphatic rings. The van der Waals surface area contributed by atoms with E-state index in [0.717, 1.165) is 10.6 Å². The Morgan fingerprint density at radius 2 is 2.22 bits per heavy atom. The van der Waals surface area contributed by atoms with Crippen molar-refractivity contribution in [2.24, 2.45) is 0 Å². The Hall–Kier alpha value is -1.57. The maximum atomic E-state index is 12.3. The molecule has 1 aromatic heterocycles. The SMILES string of the molecule is CCSc1cc(Cl)ccc1C(=O)NCCc1nc(C(=O)O)cs1. The number of halogens is 1. The van der Waals surface area contributed by atoms with Crippen LogP contribution in [0.2, 0.25) is 5.02 Å². The van der Waals surface area contributed by atoms with Crippen LogP contribution in [0.25, 0.3) is 0 Å². The molecule has 2 aromatic rings. The summed E-state index contributed by atoms with van der Waals surface area (Å²) in [5.41, 5.74) is 0.627. The number of carbonyl (C=O) groups excluding carboxylic acids is 1. The highest BCUT2D eigenvalue weighted by atomic mass is 35.5. The lowest BCUT2D eigenvalue weighted by molar-refractivity contribution is 0.0690. The molecular formula is C15H15ClN2O3S2. The van der Waals surface area contributed by atoms with Crippen molar-refractivity contribution in [3.05, 3.63) is 44.9 Å². The summed E-state index contributed by atoms with van der Waals surface area (Å²) in [6, 6.07) is 5.18. The summed E-state index contributed by atoms with van der Waals surface area (Å²) in [4.78, 5) is 27.9. The molecule has 0 fully saturated rings. The zero-order chi connectivity index (χ0) is 16.8. The van der Waals surface area contributed by atoms with Crippen molar-refractivity contribution < 1.29 is 14.7 Å². The highest BCUT2D eigenvalue weighted by Crippen LogP contribution is 2.26. The maximum absolute atomic E-state index is 12.3. The van der Waals surface area contributed by atoms with Crippen molar-refractivity contribution in [2.45, 2.75) is 18.2 Å². The highest BCUT2D eigenvalue weighted by molar-refractivity contribution is 7.99. The van der Waals surface area contributed by atoms with Crippen LogP contribution in [0.1, 0.15) is 32.8 Å². The minimum Gasteiger partial charge on any atom is -0.476 e. The molecule has 0 aliphatic heterocycles. The van der Waals surface area contributed by atoms with Crippen LogP contribution in [-0.2, 0) is 6.42 Å². The third kappa shape index (κ3) is 4.95. The molecule has 0 atom stereocenters. The second-order valence-electron chi connectivity index (χ2n) is 4.51. The fourth-order valence-electron chi connectivity index (χ4n) is 1.86. The van der Waals surface area contributed by atoms with Crippen LogP contribution < -0.4 is 5.32 Å². The number of hydrogen-bond donors (Lipinski definition) is 2. The minimum absolute atomic E-state index is 0.0376. The third-order valence-electron chi connectivity index (χ3n) is 2.88. The first-order valence-electron chi connectivity index (χ1n) is 6.89. The molecule has 2 rings (SSSR count). The lowest BCUT2D eigenvalue weighted by atomic mass is 10.2. The van der Waals surface area contributed by atoms with E-state index >= 15 is 0 Å². The quantitative estimate of drug-likeness (QED) is 0.728. The maximum Gasteiger partial charge on any atom is 0.355 e. The zero-order valence-corrected chi connectivity index (χ0v) is 14.7. The van der Waals surface area contributed by atoms with Gasteiger partial charge in [0.05, 0.1) is 10.6 Å². The van der Waals surface area contributed by atoms with Gasteiger partial charge in [0.15, 0.2) is 5.69 Å². The number of carboxylic acids is 1. The normalized spacial score (nSPS) is 10.5. The minimum atomic E-state index is -1.04. The Kier molecular flexibility index (Phi) is 6.44. The van der Waals surface area contributed by atoms with Gasteiger partial charge in [-0.3, -0.25) is 4.79 Å². The summed E-state index contributed by atoms with van der Waals surface area (Å²) in [6.45, 7) is 2.40. The summed E-state index contributed by atoms with van der Waals surface area (Å²) in [7, 11) is 0. The third-order valence-corrected chi connectivity index (χ3v) is 4.96. The molecule has 8 heteroatoms. The van der Waals surface area contributed by atoms with Gasteiger partial charge < -0.3 is 10.4 Å². The van der Waals surface area contributed by atoms with E-state index in [1.807, 2.05) is 6.92 Å². The van der Waals surface area contributed by atoms with Gasteiger partial charge in [-0.25, -0.2) is 9.78 Å². The van der Waals surface area contributed by atoms with Crippen LogP contribution >= 0.6 is 34.7 Å². The Balaban J connectivity index is 1.95. The molecular weight excluding hydrogens is 356 g/mol. The Morgan fingerprint density at radius 1 is 1.43 bits per heavy atom. The molecule has 122 valence electrons. The summed E-state index contributed by atoms with van der Waals surface area (Å²) < 4.78 is 0. The van der Waals surface area contributed by atoms with Crippen molar-refractivity contribution in [3.63, 3.8) is 0 Å². The standard InChI is InChI=1S/C15H15ClN2O3S2/c1-2-22-12-7-9(16)3-4-10(12)14(19)17-6-5-13-18-11(8-23-13)15(20)21/h3-4,7-8H,2,5-6H2,1H3,(H,17,19)(H,20,21). The Bertz CT molecular complexity index is 718. The molecule has 2 N–H and O–H groups in total. The molecule has 1 amide bonds. The first-order chi connectivity index (χ1) is 11.0. The number of thioether (sulfide) groups is 1. The number of nitrogens with zero attached hydrogens (tertiary/aromatic N) is 1. The predicted octanol–water partition coefficient (Wildman–Crippen LogP) is 3.58. The number of aromatic nitrogens is 1. The number of nitrogens with one attached hydrogen (secondary N) is 1. The highest BCUT2D eigenvalue weighted by Gasteiger charge is 2.13.